The van der Waals surface area contributed by atoms with E-state index >= 15 is 0 Å². The fourth-order valence-corrected chi connectivity index (χ4v) is 5.42. The molecule has 1 heterocycles. The van der Waals surface area contributed by atoms with E-state index in [2.05, 4.69) is 54.4 Å². The Morgan fingerprint density at radius 3 is 2.50 bits per heavy atom. The Labute approximate surface area is 224 Å². The van der Waals surface area contributed by atoms with Crippen LogP contribution in [0.4, 0.5) is 11.4 Å². The van der Waals surface area contributed by atoms with Gasteiger partial charge in [-0.2, -0.15) is 0 Å². The van der Waals surface area contributed by atoms with Gasteiger partial charge in [0.05, 0.1) is 19.3 Å². The van der Waals surface area contributed by atoms with Crippen LogP contribution in [-0.2, 0) is 27.3 Å². The van der Waals surface area contributed by atoms with Crippen molar-refractivity contribution in [1.82, 2.24) is 0 Å². The van der Waals surface area contributed by atoms with Gasteiger partial charge < -0.3 is 9.64 Å². The number of rotatable bonds is 7. The van der Waals surface area contributed by atoms with E-state index in [1.807, 2.05) is 29.2 Å². The summed E-state index contributed by atoms with van der Waals surface area (Å²) in [4.78, 5) is 31.9. The number of esters is 1. The number of fused-ring (bicyclic) bond motifs is 1. The zero-order chi connectivity index (χ0) is 26.5. The molecule has 2 aliphatic rings. The van der Waals surface area contributed by atoms with E-state index in [1.54, 1.807) is 6.08 Å². The maximum atomic E-state index is 13.8. The molecule has 0 unspecified atom stereocenters. The molecule has 5 heteroatoms. The number of carbonyl (C=O) groups excluding carboxylic acids is 2. The van der Waals surface area contributed by atoms with Crippen LogP contribution in [-0.4, -0.2) is 24.7 Å². The lowest BCUT2D eigenvalue weighted by atomic mass is 9.88. The first-order valence-corrected chi connectivity index (χ1v) is 13.4. The first-order valence-electron chi connectivity index (χ1n) is 13.4. The molecule has 1 amide bonds. The Bertz CT molecular complexity index is 1380. The Hall–Kier alpha value is -3.99. The molecule has 0 aromatic heterocycles. The molecule has 1 fully saturated rings. The number of methoxy groups -OCH3 is 1. The van der Waals surface area contributed by atoms with E-state index < -0.39 is 5.97 Å². The maximum Gasteiger partial charge on any atom is 0.330 e. The third-order valence-corrected chi connectivity index (χ3v) is 7.48. The Morgan fingerprint density at radius 2 is 1.74 bits per heavy atom. The number of hydrogen-bond acceptors (Lipinski definition) is 4. The average molecular weight is 507 g/mol. The minimum absolute atomic E-state index is 0.0504. The Morgan fingerprint density at radius 1 is 0.974 bits per heavy atom. The normalized spacial score (nSPS) is 15.3. The van der Waals surface area contributed by atoms with Gasteiger partial charge in [-0.3, -0.25) is 9.79 Å². The summed E-state index contributed by atoms with van der Waals surface area (Å²) in [5, 5.41) is 0. The van der Waals surface area contributed by atoms with Crippen LogP contribution >= 0.6 is 0 Å². The first kappa shape index (κ1) is 25.7. The molecule has 3 aromatic rings. The van der Waals surface area contributed by atoms with Gasteiger partial charge in [0.2, 0.25) is 5.91 Å². The van der Waals surface area contributed by atoms with Crippen molar-refractivity contribution in [2.45, 2.75) is 52.0 Å². The van der Waals surface area contributed by atoms with E-state index in [4.69, 9.17) is 4.74 Å². The van der Waals surface area contributed by atoms with Crippen LogP contribution < -0.4 is 4.90 Å². The van der Waals surface area contributed by atoms with Crippen LogP contribution in [0.1, 0.15) is 55.7 Å². The highest BCUT2D eigenvalue weighted by atomic mass is 16.5. The van der Waals surface area contributed by atoms with Gasteiger partial charge in [0, 0.05) is 29.8 Å². The number of aliphatic imine (C=N–C) groups is 1. The van der Waals surface area contributed by atoms with Crippen molar-refractivity contribution < 1.29 is 14.3 Å². The fraction of sp³-hybridized carbons (Fsp3) is 0.303. The third-order valence-electron chi connectivity index (χ3n) is 7.48. The summed E-state index contributed by atoms with van der Waals surface area (Å²) in [5.41, 5.74) is 8.60. The number of benzene rings is 3. The minimum atomic E-state index is -0.406. The van der Waals surface area contributed by atoms with Gasteiger partial charge in [-0.15, -0.1) is 0 Å². The van der Waals surface area contributed by atoms with Crippen LogP contribution in [0.25, 0.3) is 17.2 Å². The van der Waals surface area contributed by atoms with Crippen LogP contribution in [0.5, 0.6) is 0 Å². The second-order valence-corrected chi connectivity index (χ2v) is 10.3. The standard InChI is InChI=1S/C33H34N2O3/c1-23-19-29-21-28(16-17-31(29)34-23)26-14-11-25(12-15-26)22-35(33(37)27-8-4-3-5-9-27)30-10-6-7-24(20-30)13-18-32(36)38-2/h6-7,10-18,20-21,27H,3-5,8-9,19,22H2,1-2H3/b18-13+. The quantitative estimate of drug-likeness (QED) is 0.249. The smallest absolute Gasteiger partial charge is 0.330 e. The predicted octanol–water partition coefficient (Wildman–Crippen LogP) is 7.30. The molecular weight excluding hydrogens is 472 g/mol. The van der Waals surface area contributed by atoms with Crippen LogP contribution in [0, 0.1) is 5.92 Å². The Kier molecular flexibility index (Phi) is 7.83. The summed E-state index contributed by atoms with van der Waals surface area (Å²) < 4.78 is 4.72. The lowest BCUT2D eigenvalue weighted by molar-refractivity contribution is -0.134. The van der Waals surface area contributed by atoms with Crippen molar-refractivity contribution in [1.29, 1.82) is 0 Å². The minimum Gasteiger partial charge on any atom is -0.466 e. The lowest BCUT2D eigenvalue weighted by Crippen LogP contribution is -2.36. The highest BCUT2D eigenvalue weighted by molar-refractivity contribution is 5.96. The molecule has 0 bridgehead atoms. The molecular formula is C33H34N2O3. The summed E-state index contributed by atoms with van der Waals surface area (Å²) in [6, 6.07) is 22.7. The van der Waals surface area contributed by atoms with Crippen molar-refractivity contribution in [3.8, 4) is 11.1 Å². The summed E-state index contributed by atoms with van der Waals surface area (Å²) in [6.45, 7) is 2.57. The molecule has 0 atom stereocenters. The first-order chi connectivity index (χ1) is 18.5. The molecule has 1 aliphatic heterocycles. The van der Waals surface area contributed by atoms with Crippen molar-refractivity contribution in [2.75, 3.05) is 12.0 Å². The van der Waals surface area contributed by atoms with Gasteiger partial charge in [0.15, 0.2) is 0 Å². The van der Waals surface area contributed by atoms with Crippen LogP contribution in [0.2, 0.25) is 0 Å². The van der Waals surface area contributed by atoms with E-state index in [9.17, 15) is 9.59 Å². The number of hydrogen-bond donors (Lipinski definition) is 0. The van der Waals surface area contributed by atoms with E-state index in [0.29, 0.717) is 6.54 Å². The molecule has 5 rings (SSSR count). The molecule has 1 saturated carbocycles. The highest BCUT2D eigenvalue weighted by Crippen LogP contribution is 2.33. The average Bonchev–Trinajstić information content (AvgIpc) is 3.34. The highest BCUT2D eigenvalue weighted by Gasteiger charge is 2.27. The number of ether oxygens (including phenoxy) is 1. The zero-order valence-electron chi connectivity index (χ0n) is 22.2. The number of amides is 1. The fourth-order valence-electron chi connectivity index (χ4n) is 5.42. The largest absolute Gasteiger partial charge is 0.466 e. The van der Waals surface area contributed by atoms with Crippen LogP contribution in [0.15, 0.2) is 77.8 Å². The molecule has 0 spiro atoms. The van der Waals surface area contributed by atoms with E-state index in [0.717, 1.165) is 65.9 Å². The summed E-state index contributed by atoms with van der Waals surface area (Å²) in [7, 11) is 1.36. The third kappa shape index (κ3) is 5.94. The molecule has 0 radical (unpaired) electrons. The van der Waals surface area contributed by atoms with E-state index in [-0.39, 0.29) is 11.8 Å². The topological polar surface area (TPSA) is 59.0 Å². The number of nitrogens with zero attached hydrogens (tertiary/aromatic N) is 2. The Balaban J connectivity index is 1.39. The summed E-state index contributed by atoms with van der Waals surface area (Å²) in [5.74, 6) is -0.178. The summed E-state index contributed by atoms with van der Waals surface area (Å²) >= 11 is 0. The second-order valence-electron chi connectivity index (χ2n) is 10.3. The predicted molar refractivity (Wildman–Crippen MR) is 154 cm³/mol. The maximum absolute atomic E-state index is 13.8. The molecule has 3 aromatic carbocycles. The molecule has 0 saturated heterocycles. The second kappa shape index (κ2) is 11.6. The molecule has 194 valence electrons. The van der Waals surface area contributed by atoms with E-state index in [1.165, 1.54) is 30.7 Å². The van der Waals surface area contributed by atoms with Crippen molar-refractivity contribution >= 4 is 35.0 Å². The lowest BCUT2D eigenvalue weighted by Gasteiger charge is -2.30. The van der Waals surface area contributed by atoms with Gasteiger partial charge in [-0.25, -0.2) is 4.79 Å². The molecule has 5 nitrogen and oxygen atoms in total. The van der Waals surface area contributed by atoms with Gasteiger partial charge in [0.1, 0.15) is 0 Å². The number of carbonyl (C=O) groups is 2. The van der Waals surface area contributed by atoms with Crippen LogP contribution in [0.3, 0.4) is 0 Å². The molecule has 0 N–H and O–H groups in total. The van der Waals surface area contributed by atoms with Gasteiger partial charge >= 0.3 is 5.97 Å². The number of anilines is 1. The molecule has 1 aliphatic carbocycles. The zero-order valence-corrected chi connectivity index (χ0v) is 22.2. The van der Waals surface area contributed by atoms with Gasteiger partial charge in [0.25, 0.3) is 0 Å². The molecule has 38 heavy (non-hydrogen) atoms. The van der Waals surface area contributed by atoms with Crippen molar-refractivity contribution in [3.05, 3.63) is 89.5 Å². The van der Waals surface area contributed by atoms with Crippen molar-refractivity contribution in [3.63, 3.8) is 0 Å². The monoisotopic (exact) mass is 506 g/mol. The SMILES string of the molecule is COC(=O)/C=C/c1cccc(N(Cc2ccc(-c3ccc4c(c3)CC(C)=N4)cc2)C(=O)C2CCCCC2)c1. The van der Waals surface area contributed by atoms with Gasteiger partial charge in [-0.1, -0.05) is 61.7 Å². The van der Waals surface area contributed by atoms with Gasteiger partial charge in [-0.05, 0) is 77.9 Å². The van der Waals surface area contributed by atoms with Crippen molar-refractivity contribution in [2.24, 2.45) is 10.9 Å². The summed E-state index contributed by atoms with van der Waals surface area (Å²) in [6.07, 6.45) is 9.32.